The minimum atomic E-state index is -3.86. The van der Waals surface area contributed by atoms with Gasteiger partial charge in [-0.1, -0.05) is 29.8 Å². The van der Waals surface area contributed by atoms with Gasteiger partial charge in [-0.2, -0.15) is 0 Å². The second kappa shape index (κ2) is 9.86. The van der Waals surface area contributed by atoms with Gasteiger partial charge in [-0.05, 0) is 43.7 Å². The highest BCUT2D eigenvalue weighted by atomic mass is 35.5. The third kappa shape index (κ3) is 5.00. The van der Waals surface area contributed by atoms with Crippen LogP contribution < -0.4 is 0 Å². The number of benzene rings is 2. The summed E-state index contributed by atoms with van der Waals surface area (Å²) in [7, 11) is -1.14. The van der Waals surface area contributed by atoms with E-state index in [1.165, 1.54) is 26.2 Å². The first-order chi connectivity index (χ1) is 15.6. The van der Waals surface area contributed by atoms with E-state index in [0.717, 1.165) is 15.8 Å². The highest BCUT2D eigenvalue weighted by molar-refractivity contribution is 7.89. The van der Waals surface area contributed by atoms with E-state index in [1.54, 1.807) is 19.9 Å². The Labute approximate surface area is 197 Å². The Bertz CT molecular complexity index is 1340. The van der Waals surface area contributed by atoms with Gasteiger partial charge in [-0.3, -0.25) is 0 Å². The summed E-state index contributed by atoms with van der Waals surface area (Å²) >= 11 is 6.04. The lowest BCUT2D eigenvalue weighted by molar-refractivity contribution is 0.0444. The van der Waals surface area contributed by atoms with Crippen molar-refractivity contribution in [2.24, 2.45) is 0 Å². The molecule has 0 aliphatic heterocycles. The van der Waals surface area contributed by atoms with Gasteiger partial charge in [-0.25, -0.2) is 27.3 Å². The van der Waals surface area contributed by atoms with Gasteiger partial charge in [0.15, 0.2) is 0 Å². The van der Waals surface area contributed by atoms with Gasteiger partial charge in [-0.15, -0.1) is 0 Å². The van der Waals surface area contributed by atoms with Crippen molar-refractivity contribution in [3.8, 4) is 0 Å². The molecule has 0 aliphatic carbocycles. The summed E-state index contributed by atoms with van der Waals surface area (Å²) < 4.78 is 36.5. The first-order valence-electron chi connectivity index (χ1n) is 10.0. The van der Waals surface area contributed by atoms with Crippen LogP contribution in [0.2, 0.25) is 5.02 Å². The van der Waals surface area contributed by atoms with E-state index in [1.807, 2.05) is 18.2 Å². The molecule has 0 unspecified atom stereocenters. The smallest absolute Gasteiger partial charge is 0.340 e. The van der Waals surface area contributed by atoms with E-state index in [9.17, 15) is 18.0 Å². The quantitative estimate of drug-likeness (QED) is 0.461. The molecule has 2 aromatic carbocycles. The van der Waals surface area contributed by atoms with Crippen LogP contribution in [-0.4, -0.2) is 50.3 Å². The van der Waals surface area contributed by atoms with Crippen LogP contribution in [0.15, 0.2) is 47.4 Å². The Hall–Kier alpha value is -3.01. The molecule has 0 aliphatic rings. The summed E-state index contributed by atoms with van der Waals surface area (Å²) in [5.74, 6) is -1.35. The molecule has 0 saturated carbocycles. The summed E-state index contributed by atoms with van der Waals surface area (Å²) in [6.07, 6.45) is 0. The fourth-order valence-electron chi connectivity index (χ4n) is 3.26. The van der Waals surface area contributed by atoms with Gasteiger partial charge in [0.2, 0.25) is 10.0 Å². The molecule has 0 spiro atoms. The van der Waals surface area contributed by atoms with Crippen molar-refractivity contribution in [1.29, 1.82) is 0 Å². The normalized spacial score (nSPS) is 11.6. The average Bonchev–Trinajstić information content (AvgIpc) is 2.77. The van der Waals surface area contributed by atoms with Crippen molar-refractivity contribution in [3.63, 3.8) is 0 Å². The summed E-state index contributed by atoms with van der Waals surface area (Å²) in [6, 6.07) is 11.1. The maximum absolute atomic E-state index is 12.7. The first kappa shape index (κ1) is 24.6. The van der Waals surface area contributed by atoms with Crippen molar-refractivity contribution < 1.29 is 27.5 Å². The average molecular weight is 491 g/mol. The molecule has 3 aromatic rings. The van der Waals surface area contributed by atoms with E-state index < -0.39 is 22.0 Å². The highest BCUT2D eigenvalue weighted by Crippen LogP contribution is 2.27. The number of sulfonamides is 1. The number of carbonyl (C=O) groups is 2. The fraction of sp³-hybridized carbons (Fsp3) is 0.261. The van der Waals surface area contributed by atoms with Crippen LogP contribution >= 0.6 is 11.6 Å². The lowest BCUT2D eigenvalue weighted by Gasteiger charge is -2.15. The first-order valence-corrected chi connectivity index (χ1v) is 11.8. The van der Waals surface area contributed by atoms with Crippen LogP contribution in [0.5, 0.6) is 0 Å². The zero-order valence-corrected chi connectivity index (χ0v) is 20.2. The number of aromatic nitrogens is 1. The SMILES string of the molecule is CCOC(=O)c1c(COC(=O)c2ccc(Cl)c(S(=O)(=O)N(C)C)c2)nc2ccccc2c1C. The number of esters is 2. The summed E-state index contributed by atoms with van der Waals surface area (Å²) in [6.45, 7) is 3.34. The zero-order valence-electron chi connectivity index (χ0n) is 18.6. The monoisotopic (exact) mass is 490 g/mol. The maximum atomic E-state index is 12.7. The Morgan fingerprint density at radius 2 is 1.76 bits per heavy atom. The predicted molar refractivity (Wildman–Crippen MR) is 124 cm³/mol. The molecule has 0 bridgehead atoms. The van der Waals surface area contributed by atoms with E-state index in [4.69, 9.17) is 21.1 Å². The molecule has 0 saturated heterocycles. The van der Waals surface area contributed by atoms with Gasteiger partial charge in [0, 0.05) is 19.5 Å². The molecule has 0 N–H and O–H groups in total. The number of halogens is 1. The third-order valence-corrected chi connectivity index (χ3v) is 7.27. The predicted octanol–water partition coefficient (Wildman–Crippen LogP) is 3.98. The number of pyridine rings is 1. The molecule has 0 atom stereocenters. The highest BCUT2D eigenvalue weighted by Gasteiger charge is 2.24. The molecule has 1 heterocycles. The summed E-state index contributed by atoms with van der Waals surface area (Å²) in [5, 5.41) is 0.767. The number of hydrogen-bond donors (Lipinski definition) is 0. The summed E-state index contributed by atoms with van der Waals surface area (Å²) in [4.78, 5) is 29.6. The number of aryl methyl sites for hydroxylation is 1. The summed E-state index contributed by atoms with van der Waals surface area (Å²) in [5.41, 5.74) is 1.77. The zero-order chi connectivity index (χ0) is 24.3. The molecule has 174 valence electrons. The van der Waals surface area contributed by atoms with Crippen LogP contribution in [0.4, 0.5) is 0 Å². The number of carbonyl (C=O) groups excluding carboxylic acids is 2. The molecule has 0 radical (unpaired) electrons. The van der Waals surface area contributed by atoms with Gasteiger partial charge in [0.05, 0.1) is 34.0 Å². The second-order valence-corrected chi connectivity index (χ2v) is 9.83. The molecule has 3 rings (SSSR count). The minimum absolute atomic E-state index is 0.00461. The van der Waals surface area contributed by atoms with Gasteiger partial charge in [0.25, 0.3) is 0 Å². The van der Waals surface area contributed by atoms with Crippen molar-refractivity contribution in [3.05, 3.63) is 69.9 Å². The van der Waals surface area contributed by atoms with Gasteiger partial charge in [0.1, 0.15) is 11.5 Å². The van der Waals surface area contributed by atoms with Crippen molar-refractivity contribution in [2.75, 3.05) is 20.7 Å². The number of rotatable bonds is 7. The number of nitrogens with zero attached hydrogens (tertiary/aromatic N) is 2. The Kier molecular flexibility index (Phi) is 7.36. The molecule has 1 aromatic heterocycles. The van der Waals surface area contributed by atoms with Crippen LogP contribution in [0, 0.1) is 6.92 Å². The maximum Gasteiger partial charge on any atom is 0.340 e. The Balaban J connectivity index is 1.96. The molecule has 0 fully saturated rings. The van der Waals surface area contributed by atoms with Gasteiger partial charge >= 0.3 is 11.9 Å². The van der Waals surface area contributed by atoms with Crippen LogP contribution in [0.25, 0.3) is 10.9 Å². The standard InChI is InChI=1S/C23H23ClN2O6S/c1-5-31-23(28)21-14(2)16-8-6-7-9-18(16)25-19(21)13-32-22(27)15-10-11-17(24)20(12-15)33(29,30)26(3)4/h6-12H,5,13H2,1-4H3. The molecule has 8 nitrogen and oxygen atoms in total. The minimum Gasteiger partial charge on any atom is -0.462 e. The topological polar surface area (TPSA) is 103 Å². The molecule has 0 amide bonds. The number of para-hydroxylation sites is 1. The molecular weight excluding hydrogens is 468 g/mol. The number of ether oxygens (including phenoxy) is 2. The van der Waals surface area contributed by atoms with E-state index in [-0.39, 0.29) is 40.0 Å². The molecule has 33 heavy (non-hydrogen) atoms. The fourth-order valence-corrected chi connectivity index (χ4v) is 4.66. The van der Waals surface area contributed by atoms with Crippen molar-refractivity contribution >= 4 is 44.5 Å². The van der Waals surface area contributed by atoms with Gasteiger partial charge < -0.3 is 9.47 Å². The second-order valence-electron chi connectivity index (χ2n) is 7.30. The Morgan fingerprint density at radius 3 is 2.42 bits per heavy atom. The molecular formula is C23H23ClN2O6S. The van der Waals surface area contributed by atoms with Crippen LogP contribution in [-0.2, 0) is 26.1 Å². The van der Waals surface area contributed by atoms with Crippen LogP contribution in [0.1, 0.15) is 38.9 Å². The van der Waals surface area contributed by atoms with Crippen molar-refractivity contribution in [1.82, 2.24) is 9.29 Å². The molecule has 10 heteroatoms. The number of fused-ring (bicyclic) bond motifs is 1. The largest absolute Gasteiger partial charge is 0.462 e. The van der Waals surface area contributed by atoms with E-state index in [2.05, 4.69) is 4.98 Å². The lowest BCUT2D eigenvalue weighted by atomic mass is 10.0. The lowest BCUT2D eigenvalue weighted by Crippen LogP contribution is -2.23. The van der Waals surface area contributed by atoms with E-state index >= 15 is 0 Å². The van der Waals surface area contributed by atoms with Crippen molar-refractivity contribution in [2.45, 2.75) is 25.3 Å². The Morgan fingerprint density at radius 1 is 1.06 bits per heavy atom. The number of hydrogen-bond acceptors (Lipinski definition) is 7. The third-order valence-electron chi connectivity index (χ3n) is 4.97. The van der Waals surface area contributed by atoms with Crippen LogP contribution in [0.3, 0.4) is 0 Å². The van der Waals surface area contributed by atoms with E-state index in [0.29, 0.717) is 11.1 Å².